The quantitative estimate of drug-likeness (QED) is 0.637. The standard InChI is InChI=1S/C18H19ClN6/c1-3-5-15-16(22-12-17(19)24-15)10-14-7-9-23-25(14)18-13(11-20-2)6-4-8-21-18/h4,6-9,11-12H,3,5,10H2,1-2H3. The van der Waals surface area contributed by atoms with Crippen LogP contribution in [0.5, 0.6) is 0 Å². The predicted octanol–water partition coefficient (Wildman–Crippen LogP) is 3.30. The molecule has 128 valence electrons. The van der Waals surface area contributed by atoms with Crippen molar-refractivity contribution in [3.8, 4) is 5.82 Å². The molecule has 0 aromatic carbocycles. The molecule has 25 heavy (non-hydrogen) atoms. The zero-order chi connectivity index (χ0) is 17.6. The highest BCUT2D eigenvalue weighted by atomic mass is 35.5. The van der Waals surface area contributed by atoms with Crippen molar-refractivity contribution in [2.45, 2.75) is 26.2 Å². The molecule has 3 aromatic rings. The number of rotatable bonds is 6. The molecule has 3 rings (SSSR count). The van der Waals surface area contributed by atoms with E-state index < -0.39 is 0 Å². The second-order valence-corrected chi connectivity index (χ2v) is 5.94. The molecule has 0 bridgehead atoms. The minimum Gasteiger partial charge on any atom is -0.296 e. The van der Waals surface area contributed by atoms with E-state index in [0.29, 0.717) is 11.6 Å². The van der Waals surface area contributed by atoms with Crippen LogP contribution in [0.4, 0.5) is 0 Å². The van der Waals surface area contributed by atoms with Gasteiger partial charge < -0.3 is 0 Å². The molecule has 7 heteroatoms. The number of nitrogens with zero attached hydrogens (tertiary/aromatic N) is 6. The van der Waals surface area contributed by atoms with Crippen LogP contribution in [0.15, 0.2) is 41.8 Å². The Hall–Kier alpha value is -2.60. The topological polar surface area (TPSA) is 68.8 Å². The van der Waals surface area contributed by atoms with Crippen LogP contribution in [0.25, 0.3) is 5.82 Å². The Morgan fingerprint density at radius 2 is 2.08 bits per heavy atom. The zero-order valence-corrected chi connectivity index (χ0v) is 15.0. The lowest BCUT2D eigenvalue weighted by molar-refractivity contribution is 0.774. The molecular formula is C18H19ClN6. The molecule has 0 radical (unpaired) electrons. The van der Waals surface area contributed by atoms with Crippen molar-refractivity contribution in [1.29, 1.82) is 0 Å². The summed E-state index contributed by atoms with van der Waals surface area (Å²) in [4.78, 5) is 17.5. The van der Waals surface area contributed by atoms with Crippen LogP contribution in [0.3, 0.4) is 0 Å². The Balaban J connectivity index is 1.99. The average Bonchev–Trinajstić information content (AvgIpc) is 3.06. The van der Waals surface area contributed by atoms with Crippen molar-refractivity contribution in [2.24, 2.45) is 4.99 Å². The lowest BCUT2D eigenvalue weighted by Crippen LogP contribution is -2.10. The van der Waals surface area contributed by atoms with Crippen LogP contribution in [0.2, 0.25) is 5.15 Å². The van der Waals surface area contributed by atoms with Gasteiger partial charge in [-0.15, -0.1) is 0 Å². The molecule has 0 aliphatic rings. The van der Waals surface area contributed by atoms with E-state index in [1.54, 1.807) is 31.9 Å². The maximum atomic E-state index is 6.00. The third-order valence-corrected chi connectivity index (χ3v) is 3.93. The van der Waals surface area contributed by atoms with Gasteiger partial charge in [0.15, 0.2) is 5.82 Å². The smallest absolute Gasteiger partial charge is 0.162 e. The van der Waals surface area contributed by atoms with Crippen molar-refractivity contribution in [3.05, 3.63) is 64.6 Å². The van der Waals surface area contributed by atoms with Gasteiger partial charge >= 0.3 is 0 Å². The second-order valence-electron chi connectivity index (χ2n) is 5.55. The van der Waals surface area contributed by atoms with E-state index in [2.05, 4.69) is 32.0 Å². The molecule has 0 atom stereocenters. The molecule has 6 nitrogen and oxygen atoms in total. The summed E-state index contributed by atoms with van der Waals surface area (Å²) in [6.07, 6.45) is 9.31. The van der Waals surface area contributed by atoms with Crippen LogP contribution in [0.1, 0.15) is 36.0 Å². The number of pyridine rings is 1. The van der Waals surface area contributed by atoms with Crippen LogP contribution in [-0.2, 0) is 12.8 Å². The molecule has 0 spiro atoms. The fraction of sp³-hybridized carbons (Fsp3) is 0.278. The lowest BCUT2D eigenvalue weighted by atomic mass is 10.1. The Labute approximate surface area is 151 Å². The summed E-state index contributed by atoms with van der Waals surface area (Å²) in [6.45, 7) is 2.11. The molecule has 0 saturated heterocycles. The highest BCUT2D eigenvalue weighted by molar-refractivity contribution is 6.29. The number of aryl methyl sites for hydroxylation is 1. The summed E-state index contributed by atoms with van der Waals surface area (Å²) in [5.41, 5.74) is 3.73. The maximum Gasteiger partial charge on any atom is 0.162 e. The van der Waals surface area contributed by atoms with Gasteiger partial charge in [-0.3, -0.25) is 9.98 Å². The van der Waals surface area contributed by atoms with Crippen molar-refractivity contribution in [2.75, 3.05) is 7.05 Å². The van der Waals surface area contributed by atoms with Crippen LogP contribution in [-0.4, -0.2) is 38.0 Å². The van der Waals surface area contributed by atoms with Gasteiger partial charge in [0.1, 0.15) is 5.15 Å². The van der Waals surface area contributed by atoms with Crippen molar-refractivity contribution < 1.29 is 0 Å². The Kier molecular flexibility index (Phi) is 5.50. The van der Waals surface area contributed by atoms with E-state index in [0.717, 1.165) is 41.3 Å². The molecule has 0 unspecified atom stereocenters. The average molecular weight is 355 g/mol. The molecule has 0 aliphatic carbocycles. The van der Waals surface area contributed by atoms with Crippen molar-refractivity contribution >= 4 is 17.8 Å². The van der Waals surface area contributed by atoms with E-state index in [9.17, 15) is 0 Å². The molecule has 0 aliphatic heterocycles. The molecule has 3 heterocycles. The van der Waals surface area contributed by atoms with Gasteiger partial charge in [-0.05, 0) is 24.6 Å². The van der Waals surface area contributed by atoms with Gasteiger partial charge in [0, 0.05) is 37.6 Å². The van der Waals surface area contributed by atoms with Gasteiger partial charge in [-0.2, -0.15) is 5.10 Å². The Bertz CT molecular complexity index is 887. The third-order valence-electron chi connectivity index (χ3n) is 3.74. The fourth-order valence-corrected chi connectivity index (χ4v) is 2.82. The largest absolute Gasteiger partial charge is 0.296 e. The van der Waals surface area contributed by atoms with Gasteiger partial charge in [-0.25, -0.2) is 14.6 Å². The van der Waals surface area contributed by atoms with Crippen molar-refractivity contribution in [1.82, 2.24) is 24.7 Å². The highest BCUT2D eigenvalue weighted by Crippen LogP contribution is 2.18. The van der Waals surface area contributed by atoms with E-state index in [4.69, 9.17) is 11.6 Å². The molecule has 0 saturated carbocycles. The minimum atomic E-state index is 0.423. The van der Waals surface area contributed by atoms with Crippen LogP contribution >= 0.6 is 11.6 Å². The Morgan fingerprint density at radius 1 is 1.20 bits per heavy atom. The molecule has 0 N–H and O–H groups in total. The predicted molar refractivity (Wildman–Crippen MR) is 98.7 cm³/mol. The summed E-state index contributed by atoms with van der Waals surface area (Å²) in [6, 6.07) is 5.81. The third kappa shape index (κ3) is 3.91. The molecule has 0 fully saturated rings. The van der Waals surface area contributed by atoms with E-state index in [-0.39, 0.29) is 0 Å². The van der Waals surface area contributed by atoms with E-state index >= 15 is 0 Å². The Morgan fingerprint density at radius 3 is 2.88 bits per heavy atom. The normalized spacial score (nSPS) is 11.3. The monoisotopic (exact) mass is 354 g/mol. The van der Waals surface area contributed by atoms with E-state index in [1.165, 1.54) is 0 Å². The molecule has 0 amide bonds. The van der Waals surface area contributed by atoms with Gasteiger partial charge in [0.2, 0.25) is 0 Å². The summed E-state index contributed by atoms with van der Waals surface area (Å²) >= 11 is 6.00. The van der Waals surface area contributed by atoms with Gasteiger partial charge in [0.05, 0.1) is 23.3 Å². The zero-order valence-electron chi connectivity index (χ0n) is 14.2. The second kappa shape index (κ2) is 7.98. The number of aliphatic imine (C=N–C) groups is 1. The summed E-state index contributed by atoms with van der Waals surface area (Å²) in [5.74, 6) is 0.743. The summed E-state index contributed by atoms with van der Waals surface area (Å²) in [5, 5.41) is 4.86. The summed E-state index contributed by atoms with van der Waals surface area (Å²) < 4.78 is 1.82. The SMILES string of the molecule is CCCc1nc(Cl)cnc1Cc1ccnn1-c1ncccc1C=NC. The minimum absolute atomic E-state index is 0.423. The van der Waals surface area contributed by atoms with Crippen LogP contribution < -0.4 is 0 Å². The van der Waals surface area contributed by atoms with E-state index in [1.807, 2.05) is 22.9 Å². The first kappa shape index (κ1) is 17.2. The van der Waals surface area contributed by atoms with Crippen molar-refractivity contribution in [3.63, 3.8) is 0 Å². The van der Waals surface area contributed by atoms with Gasteiger partial charge in [-0.1, -0.05) is 24.9 Å². The van der Waals surface area contributed by atoms with Crippen LogP contribution in [0, 0.1) is 0 Å². The van der Waals surface area contributed by atoms with Gasteiger partial charge in [0.25, 0.3) is 0 Å². The highest BCUT2D eigenvalue weighted by Gasteiger charge is 2.14. The fourth-order valence-electron chi connectivity index (χ4n) is 2.67. The first-order valence-electron chi connectivity index (χ1n) is 8.13. The first-order chi connectivity index (χ1) is 12.2. The maximum absolute atomic E-state index is 6.00. The number of halogens is 1. The number of hydrogen-bond acceptors (Lipinski definition) is 5. The molecular weight excluding hydrogens is 336 g/mol. The first-order valence-corrected chi connectivity index (χ1v) is 8.51. The number of aromatic nitrogens is 5. The number of hydrogen-bond donors (Lipinski definition) is 0. The lowest BCUT2D eigenvalue weighted by Gasteiger charge is -2.11. The molecule has 3 aromatic heterocycles. The summed E-state index contributed by atoms with van der Waals surface area (Å²) in [7, 11) is 1.74.